The molecule has 0 unspecified atom stereocenters. The van der Waals surface area contributed by atoms with Crippen molar-refractivity contribution in [1.29, 1.82) is 10.7 Å². The van der Waals surface area contributed by atoms with Crippen molar-refractivity contribution in [2.24, 2.45) is 10.8 Å². The molecular weight excluding hydrogens is 298 g/mol. The lowest BCUT2D eigenvalue weighted by molar-refractivity contribution is -0.123. The normalized spacial score (nSPS) is 14.7. The van der Waals surface area contributed by atoms with Gasteiger partial charge in [0.05, 0.1) is 17.8 Å². The van der Waals surface area contributed by atoms with E-state index in [1.165, 1.54) is 4.90 Å². The quantitative estimate of drug-likeness (QED) is 0.335. The number of hydrazone groups is 1. The van der Waals surface area contributed by atoms with Crippen LogP contribution >= 0.6 is 0 Å². The van der Waals surface area contributed by atoms with Crippen molar-refractivity contribution in [3.63, 3.8) is 0 Å². The fraction of sp³-hybridized carbons (Fsp3) is 0.214. The molecular formula is C14H15N7O2. The molecule has 1 aromatic rings. The van der Waals surface area contributed by atoms with Gasteiger partial charge in [-0.05, 0) is 12.1 Å². The molecule has 1 fully saturated rings. The maximum absolute atomic E-state index is 12.5. The van der Waals surface area contributed by atoms with Crippen LogP contribution in [0.4, 0.5) is 5.69 Å². The zero-order valence-electron chi connectivity index (χ0n) is 12.2. The molecule has 0 atom stereocenters. The number of anilines is 1. The number of hydrogen-bond donors (Lipinski definition) is 4. The van der Waals surface area contributed by atoms with Gasteiger partial charge in [-0.2, -0.15) is 10.4 Å². The fourth-order valence-electron chi connectivity index (χ4n) is 2.01. The average Bonchev–Trinajstić information content (AvgIpc) is 2.55. The van der Waals surface area contributed by atoms with E-state index in [2.05, 4.69) is 15.8 Å². The van der Waals surface area contributed by atoms with Crippen molar-refractivity contribution >= 4 is 29.0 Å². The van der Waals surface area contributed by atoms with Gasteiger partial charge in [-0.3, -0.25) is 20.4 Å². The predicted molar refractivity (Wildman–Crippen MR) is 83.9 cm³/mol. The Bertz CT molecular complexity index is 720. The Morgan fingerprint density at radius 3 is 2.87 bits per heavy atom. The fourth-order valence-corrected chi connectivity index (χ4v) is 2.01. The van der Waals surface area contributed by atoms with E-state index in [1.54, 1.807) is 30.3 Å². The van der Waals surface area contributed by atoms with Crippen LogP contribution in [-0.2, 0) is 4.79 Å². The topological polar surface area (TPSA) is 147 Å². The van der Waals surface area contributed by atoms with Gasteiger partial charge in [-0.25, -0.2) is 0 Å². The van der Waals surface area contributed by atoms with Crippen LogP contribution in [0.5, 0.6) is 0 Å². The third-order valence-electron chi connectivity index (χ3n) is 3.13. The molecule has 5 N–H and O–H groups in total. The van der Waals surface area contributed by atoms with Crippen LogP contribution in [0.15, 0.2) is 29.4 Å². The summed E-state index contributed by atoms with van der Waals surface area (Å²) in [5.74, 6) is -1.01. The van der Waals surface area contributed by atoms with Crippen LogP contribution in [0, 0.1) is 16.7 Å². The van der Waals surface area contributed by atoms with Crippen LogP contribution in [-0.4, -0.2) is 47.9 Å². The minimum atomic E-state index is -0.475. The van der Waals surface area contributed by atoms with Crippen LogP contribution in [0.2, 0.25) is 0 Å². The van der Waals surface area contributed by atoms with E-state index in [4.69, 9.17) is 16.4 Å². The number of amides is 2. The summed E-state index contributed by atoms with van der Waals surface area (Å²) >= 11 is 0. The first-order valence-corrected chi connectivity index (χ1v) is 6.76. The standard InChI is InChI=1S/C14H15N7O2/c15-7-11(13(16)17)20-19-10-4-2-1-3-9(10)14(23)21-6-5-18-12(22)8-21/h1-4,19H,5-6,8H2,(H3,16,17)(H,18,22)/b20-11+. The van der Waals surface area contributed by atoms with Gasteiger partial charge in [-0.1, -0.05) is 12.1 Å². The predicted octanol–water partition coefficient (Wildman–Crippen LogP) is -0.514. The largest absolute Gasteiger partial charge is 0.382 e. The number of nitrogens with zero attached hydrogens (tertiary/aromatic N) is 3. The van der Waals surface area contributed by atoms with Gasteiger partial charge in [0.25, 0.3) is 5.91 Å². The molecule has 1 saturated heterocycles. The molecule has 2 amide bonds. The van der Waals surface area contributed by atoms with Crippen LogP contribution in [0.1, 0.15) is 10.4 Å². The molecule has 1 heterocycles. The minimum absolute atomic E-state index is 0.00662. The lowest BCUT2D eigenvalue weighted by atomic mass is 10.1. The Balaban J connectivity index is 2.23. The smallest absolute Gasteiger partial charge is 0.256 e. The molecule has 0 spiro atoms. The van der Waals surface area contributed by atoms with Crippen molar-refractivity contribution < 1.29 is 9.59 Å². The SMILES string of the molecule is N#C/C(=N\Nc1ccccc1C(=O)N1CCNC(=O)C1)C(=N)N. The second-order valence-electron chi connectivity index (χ2n) is 4.72. The molecule has 9 heteroatoms. The first-order valence-electron chi connectivity index (χ1n) is 6.76. The third-order valence-corrected chi connectivity index (χ3v) is 3.13. The first kappa shape index (κ1) is 16.0. The van der Waals surface area contributed by atoms with Crippen LogP contribution in [0.25, 0.3) is 0 Å². The monoisotopic (exact) mass is 313 g/mol. The van der Waals surface area contributed by atoms with Gasteiger partial charge < -0.3 is 16.0 Å². The van der Waals surface area contributed by atoms with Gasteiger partial charge in [0, 0.05) is 13.1 Å². The Morgan fingerprint density at radius 1 is 1.48 bits per heavy atom. The van der Waals surface area contributed by atoms with E-state index in [9.17, 15) is 9.59 Å². The number of amidine groups is 1. The summed E-state index contributed by atoms with van der Waals surface area (Å²) in [7, 11) is 0. The Labute approximate surface area is 132 Å². The highest BCUT2D eigenvalue weighted by molar-refractivity contribution is 6.45. The third kappa shape index (κ3) is 3.82. The molecule has 0 bridgehead atoms. The highest BCUT2D eigenvalue weighted by atomic mass is 16.2. The van der Waals surface area contributed by atoms with Crippen molar-refractivity contribution in [2.75, 3.05) is 25.1 Å². The van der Waals surface area contributed by atoms with Gasteiger partial charge in [0.1, 0.15) is 6.07 Å². The molecule has 1 aromatic carbocycles. The van der Waals surface area contributed by atoms with Crippen molar-refractivity contribution in [3.05, 3.63) is 29.8 Å². The molecule has 0 saturated carbocycles. The Kier molecular flexibility index (Phi) is 4.89. The average molecular weight is 313 g/mol. The summed E-state index contributed by atoms with van der Waals surface area (Å²) in [6.45, 7) is 0.813. The second kappa shape index (κ2) is 7.04. The van der Waals surface area contributed by atoms with Crippen molar-refractivity contribution in [2.45, 2.75) is 0 Å². The number of para-hydroxylation sites is 1. The summed E-state index contributed by atoms with van der Waals surface area (Å²) < 4.78 is 0. The lowest BCUT2D eigenvalue weighted by Crippen LogP contribution is -2.50. The molecule has 0 aromatic heterocycles. The number of carbonyl (C=O) groups is 2. The Morgan fingerprint density at radius 2 is 2.22 bits per heavy atom. The maximum Gasteiger partial charge on any atom is 0.256 e. The maximum atomic E-state index is 12.5. The summed E-state index contributed by atoms with van der Waals surface area (Å²) in [5.41, 5.74) is 8.17. The highest BCUT2D eigenvalue weighted by Crippen LogP contribution is 2.17. The van der Waals surface area contributed by atoms with E-state index < -0.39 is 5.84 Å². The van der Waals surface area contributed by atoms with E-state index in [1.807, 2.05) is 0 Å². The molecule has 0 radical (unpaired) electrons. The van der Waals surface area contributed by atoms with Crippen LogP contribution < -0.4 is 16.5 Å². The number of carbonyl (C=O) groups excluding carboxylic acids is 2. The van der Waals surface area contributed by atoms with E-state index >= 15 is 0 Å². The molecule has 118 valence electrons. The zero-order valence-corrected chi connectivity index (χ0v) is 12.2. The van der Waals surface area contributed by atoms with E-state index in [0.717, 1.165) is 0 Å². The van der Waals surface area contributed by atoms with Gasteiger partial charge >= 0.3 is 0 Å². The molecule has 1 aliphatic heterocycles. The van der Waals surface area contributed by atoms with E-state index in [-0.39, 0.29) is 24.1 Å². The summed E-state index contributed by atoms with van der Waals surface area (Å²) in [6, 6.07) is 8.25. The number of nitrogens with two attached hydrogens (primary N) is 1. The number of rotatable bonds is 4. The summed E-state index contributed by atoms with van der Waals surface area (Å²) in [4.78, 5) is 25.4. The Hall–Kier alpha value is -3.41. The molecule has 9 nitrogen and oxygen atoms in total. The van der Waals surface area contributed by atoms with Crippen molar-refractivity contribution in [3.8, 4) is 6.07 Å². The number of nitriles is 1. The van der Waals surface area contributed by atoms with Gasteiger partial charge in [0.2, 0.25) is 11.6 Å². The van der Waals surface area contributed by atoms with Gasteiger partial charge in [0.15, 0.2) is 5.84 Å². The summed E-state index contributed by atoms with van der Waals surface area (Å²) in [6.07, 6.45) is 0. The van der Waals surface area contributed by atoms with Gasteiger partial charge in [-0.15, -0.1) is 0 Å². The summed E-state index contributed by atoms with van der Waals surface area (Å²) in [5, 5.41) is 22.4. The number of hydrogen-bond acceptors (Lipinski definition) is 6. The first-order chi connectivity index (χ1) is 11.0. The minimum Gasteiger partial charge on any atom is -0.382 e. The van der Waals surface area contributed by atoms with Crippen LogP contribution in [0.3, 0.4) is 0 Å². The second-order valence-corrected chi connectivity index (χ2v) is 4.72. The number of nitrogens with one attached hydrogen (secondary N) is 3. The lowest BCUT2D eigenvalue weighted by Gasteiger charge is -2.27. The molecule has 23 heavy (non-hydrogen) atoms. The number of benzene rings is 1. The molecule has 0 aliphatic carbocycles. The van der Waals surface area contributed by atoms with Crippen molar-refractivity contribution in [1.82, 2.24) is 10.2 Å². The number of piperazine rings is 1. The zero-order chi connectivity index (χ0) is 16.8. The molecule has 1 aliphatic rings. The highest BCUT2D eigenvalue weighted by Gasteiger charge is 2.23. The van der Waals surface area contributed by atoms with E-state index in [0.29, 0.717) is 24.3 Å². The molecule has 2 rings (SSSR count).